The van der Waals surface area contributed by atoms with Crippen molar-refractivity contribution in [1.29, 1.82) is 0 Å². The van der Waals surface area contributed by atoms with Gasteiger partial charge in [-0.25, -0.2) is 4.98 Å². The maximum Gasteiger partial charge on any atom is 0.143 e. The molecule has 2 rings (SSSR count). The van der Waals surface area contributed by atoms with Gasteiger partial charge in [-0.05, 0) is 12.1 Å². The van der Waals surface area contributed by atoms with E-state index in [4.69, 9.17) is 15.1 Å². The molecule has 1 unspecified atom stereocenters. The molecule has 15 heavy (non-hydrogen) atoms. The quantitative estimate of drug-likeness (QED) is 0.731. The van der Waals surface area contributed by atoms with Crippen LogP contribution >= 0.6 is 0 Å². The zero-order chi connectivity index (χ0) is 10.7. The predicted octanol–water partition coefficient (Wildman–Crippen LogP) is -0.182. The number of fused-ring (bicyclic) bond motifs is 1. The van der Waals surface area contributed by atoms with E-state index in [1.54, 1.807) is 0 Å². The third kappa shape index (κ3) is 2.08. The molecule has 0 saturated heterocycles. The first-order valence-electron chi connectivity index (χ1n) is 4.65. The SMILES string of the molecule is OCC(O)COn1cnc2ccccc21. The van der Waals surface area contributed by atoms with Gasteiger partial charge in [-0.1, -0.05) is 12.1 Å². The molecule has 2 N–H and O–H groups in total. The van der Waals surface area contributed by atoms with Crippen molar-refractivity contribution in [2.75, 3.05) is 13.2 Å². The van der Waals surface area contributed by atoms with Crippen LogP contribution in [0.1, 0.15) is 0 Å². The summed E-state index contributed by atoms with van der Waals surface area (Å²) in [5.41, 5.74) is 1.67. The van der Waals surface area contributed by atoms with Crippen molar-refractivity contribution in [2.24, 2.45) is 0 Å². The fourth-order valence-corrected chi connectivity index (χ4v) is 1.26. The van der Waals surface area contributed by atoms with E-state index in [1.807, 2.05) is 24.3 Å². The molecule has 0 radical (unpaired) electrons. The molecule has 0 fully saturated rings. The molecule has 0 amide bonds. The number of nitrogens with zero attached hydrogens (tertiary/aromatic N) is 2. The van der Waals surface area contributed by atoms with Crippen molar-refractivity contribution in [1.82, 2.24) is 9.71 Å². The number of hydrogen-bond acceptors (Lipinski definition) is 4. The third-order valence-corrected chi connectivity index (χ3v) is 2.04. The molecule has 80 valence electrons. The van der Waals surface area contributed by atoms with Crippen molar-refractivity contribution in [3.05, 3.63) is 30.6 Å². The maximum absolute atomic E-state index is 9.12. The van der Waals surface area contributed by atoms with Gasteiger partial charge in [0.2, 0.25) is 0 Å². The lowest BCUT2D eigenvalue weighted by Crippen LogP contribution is -2.26. The van der Waals surface area contributed by atoms with Crippen molar-refractivity contribution >= 4 is 11.0 Å². The molecule has 1 aromatic carbocycles. The minimum atomic E-state index is -0.869. The van der Waals surface area contributed by atoms with E-state index < -0.39 is 6.10 Å². The number of hydrogen-bond donors (Lipinski definition) is 2. The van der Waals surface area contributed by atoms with Crippen LogP contribution in [-0.2, 0) is 0 Å². The van der Waals surface area contributed by atoms with E-state index in [2.05, 4.69) is 4.98 Å². The number of rotatable bonds is 4. The second kappa shape index (κ2) is 4.29. The summed E-state index contributed by atoms with van der Waals surface area (Å²) in [5.74, 6) is 0. The molecule has 1 atom stereocenters. The number of imidazole rings is 1. The van der Waals surface area contributed by atoms with E-state index in [1.165, 1.54) is 11.1 Å². The first-order chi connectivity index (χ1) is 7.31. The lowest BCUT2D eigenvalue weighted by atomic mass is 10.3. The molecule has 1 aromatic heterocycles. The standard InChI is InChI=1S/C10H12N2O3/c13-5-8(14)6-15-12-7-11-9-3-1-2-4-10(9)12/h1-4,7-8,13-14H,5-6H2. The van der Waals surface area contributed by atoms with E-state index >= 15 is 0 Å². The summed E-state index contributed by atoms with van der Waals surface area (Å²) >= 11 is 0. The van der Waals surface area contributed by atoms with Crippen LogP contribution in [0.4, 0.5) is 0 Å². The van der Waals surface area contributed by atoms with Gasteiger partial charge in [0.05, 0.1) is 12.1 Å². The van der Waals surface area contributed by atoms with Crippen LogP contribution in [0.25, 0.3) is 11.0 Å². The van der Waals surface area contributed by atoms with Crippen molar-refractivity contribution in [3.63, 3.8) is 0 Å². The monoisotopic (exact) mass is 208 g/mol. The van der Waals surface area contributed by atoms with E-state index in [-0.39, 0.29) is 13.2 Å². The summed E-state index contributed by atoms with van der Waals surface area (Å²) < 4.78 is 1.48. The second-order valence-electron chi connectivity index (χ2n) is 3.19. The lowest BCUT2D eigenvalue weighted by molar-refractivity contribution is 0.00282. The van der Waals surface area contributed by atoms with Crippen LogP contribution in [0, 0.1) is 0 Å². The van der Waals surface area contributed by atoms with Gasteiger partial charge in [0.1, 0.15) is 24.6 Å². The highest BCUT2D eigenvalue weighted by atomic mass is 16.7. The van der Waals surface area contributed by atoms with E-state index in [0.29, 0.717) is 0 Å². The molecule has 0 bridgehead atoms. The Kier molecular flexibility index (Phi) is 2.84. The molecule has 2 aromatic rings. The van der Waals surface area contributed by atoms with Gasteiger partial charge >= 0.3 is 0 Å². The molecular formula is C10H12N2O3. The molecule has 5 nitrogen and oxygen atoms in total. The highest BCUT2D eigenvalue weighted by Gasteiger charge is 2.05. The summed E-state index contributed by atoms with van der Waals surface area (Å²) in [4.78, 5) is 9.37. The van der Waals surface area contributed by atoms with Crippen LogP contribution < -0.4 is 4.84 Å². The summed E-state index contributed by atoms with van der Waals surface area (Å²) in [5, 5.41) is 17.7. The number of para-hydroxylation sites is 2. The van der Waals surface area contributed by atoms with Gasteiger partial charge in [-0.3, -0.25) is 0 Å². The highest BCUT2D eigenvalue weighted by Crippen LogP contribution is 2.09. The Labute approximate surface area is 86.5 Å². The Bertz CT molecular complexity index is 441. The summed E-state index contributed by atoms with van der Waals surface area (Å²) in [6, 6.07) is 7.51. The molecule has 1 heterocycles. The largest absolute Gasteiger partial charge is 0.409 e. The van der Waals surface area contributed by atoms with Gasteiger partial charge in [-0.15, -0.1) is 0 Å². The number of aliphatic hydroxyl groups excluding tert-OH is 2. The van der Waals surface area contributed by atoms with Crippen LogP contribution in [0.3, 0.4) is 0 Å². The first kappa shape index (κ1) is 9.95. The minimum Gasteiger partial charge on any atom is -0.409 e. The van der Waals surface area contributed by atoms with E-state index in [0.717, 1.165) is 11.0 Å². The average Bonchev–Trinajstić information content (AvgIpc) is 2.69. The van der Waals surface area contributed by atoms with Crippen molar-refractivity contribution in [3.8, 4) is 0 Å². The fraction of sp³-hybridized carbons (Fsp3) is 0.300. The molecule has 0 saturated carbocycles. The zero-order valence-electron chi connectivity index (χ0n) is 8.08. The molecular weight excluding hydrogens is 196 g/mol. The molecule has 0 aliphatic rings. The Hall–Kier alpha value is -1.59. The van der Waals surface area contributed by atoms with Crippen molar-refractivity contribution in [2.45, 2.75) is 6.10 Å². The number of aromatic nitrogens is 2. The van der Waals surface area contributed by atoms with Gasteiger partial charge in [-0.2, -0.15) is 4.73 Å². The highest BCUT2D eigenvalue weighted by molar-refractivity contribution is 5.74. The Morgan fingerprint density at radius 2 is 2.20 bits per heavy atom. The summed E-state index contributed by atoms with van der Waals surface area (Å²) in [6.45, 7) is -0.274. The number of benzene rings is 1. The Morgan fingerprint density at radius 1 is 1.40 bits per heavy atom. The Morgan fingerprint density at radius 3 is 3.00 bits per heavy atom. The average molecular weight is 208 g/mol. The second-order valence-corrected chi connectivity index (χ2v) is 3.19. The van der Waals surface area contributed by atoms with Gasteiger partial charge < -0.3 is 15.1 Å². The number of aliphatic hydroxyl groups is 2. The van der Waals surface area contributed by atoms with Crippen LogP contribution in [0.2, 0.25) is 0 Å². The van der Waals surface area contributed by atoms with Crippen LogP contribution in [0.15, 0.2) is 30.6 Å². The summed E-state index contributed by atoms with van der Waals surface area (Å²) in [6.07, 6.45) is 0.667. The maximum atomic E-state index is 9.12. The summed E-state index contributed by atoms with van der Waals surface area (Å²) in [7, 11) is 0. The van der Waals surface area contributed by atoms with Crippen LogP contribution in [-0.4, -0.2) is 39.2 Å². The minimum absolute atomic E-state index is 0.0385. The third-order valence-electron chi connectivity index (χ3n) is 2.04. The van der Waals surface area contributed by atoms with Crippen molar-refractivity contribution < 1.29 is 15.1 Å². The molecule has 5 heteroatoms. The topological polar surface area (TPSA) is 67.5 Å². The van der Waals surface area contributed by atoms with Gasteiger partial charge in [0.15, 0.2) is 0 Å². The predicted molar refractivity (Wildman–Crippen MR) is 54.3 cm³/mol. The van der Waals surface area contributed by atoms with E-state index in [9.17, 15) is 0 Å². The molecule has 0 aliphatic heterocycles. The van der Waals surface area contributed by atoms with Crippen LogP contribution in [0.5, 0.6) is 0 Å². The van der Waals surface area contributed by atoms with Gasteiger partial charge in [0, 0.05) is 0 Å². The zero-order valence-corrected chi connectivity index (χ0v) is 8.08. The Balaban J connectivity index is 2.14. The fourth-order valence-electron chi connectivity index (χ4n) is 1.26. The molecule has 0 spiro atoms. The molecule has 0 aliphatic carbocycles. The normalized spacial score (nSPS) is 12.9. The smallest absolute Gasteiger partial charge is 0.143 e. The lowest BCUT2D eigenvalue weighted by Gasteiger charge is -2.10. The first-order valence-corrected chi connectivity index (χ1v) is 4.65. The van der Waals surface area contributed by atoms with Gasteiger partial charge in [0.25, 0.3) is 0 Å².